The van der Waals surface area contributed by atoms with Gasteiger partial charge in [-0.3, -0.25) is 4.79 Å². The number of rotatable bonds is 18. The average Bonchev–Trinajstić information content (AvgIpc) is 3.04. The Morgan fingerprint density at radius 1 is 0.867 bits per heavy atom. The Labute approximate surface area is 263 Å². The molecule has 10 nitrogen and oxygen atoms in total. The third-order valence-corrected chi connectivity index (χ3v) is 7.78. The molecule has 0 aliphatic rings. The van der Waals surface area contributed by atoms with E-state index in [0.717, 1.165) is 62.6 Å². The van der Waals surface area contributed by atoms with E-state index in [0.29, 0.717) is 41.1 Å². The number of aromatic hydroxyl groups is 1. The number of unbranched alkanes of at least 4 members (excludes halogenated alkanes) is 6. The largest absolute Gasteiger partial charge is 0.506 e. The highest BCUT2D eigenvalue weighted by Crippen LogP contribution is 2.33. The van der Waals surface area contributed by atoms with Gasteiger partial charge in [0.2, 0.25) is 5.56 Å². The van der Waals surface area contributed by atoms with Gasteiger partial charge < -0.3 is 40.4 Å². The molecule has 0 saturated carbocycles. The number of pyridine rings is 1. The second-order valence-electron chi connectivity index (χ2n) is 11.0. The van der Waals surface area contributed by atoms with Crippen LogP contribution in [0.3, 0.4) is 0 Å². The van der Waals surface area contributed by atoms with Crippen LogP contribution in [0.25, 0.3) is 10.9 Å². The van der Waals surface area contributed by atoms with Gasteiger partial charge in [0.05, 0.1) is 31.4 Å². The van der Waals surface area contributed by atoms with E-state index < -0.39 is 18.2 Å². The lowest BCUT2D eigenvalue weighted by molar-refractivity contribution is 0.176. The molecule has 0 bridgehead atoms. The van der Waals surface area contributed by atoms with E-state index in [4.69, 9.17) is 9.47 Å². The van der Waals surface area contributed by atoms with E-state index in [-0.39, 0.29) is 11.3 Å². The van der Waals surface area contributed by atoms with Gasteiger partial charge in [-0.05, 0) is 60.3 Å². The summed E-state index contributed by atoms with van der Waals surface area (Å²) in [6.07, 6.45) is 5.59. The number of aliphatic hydroxyl groups excluding tert-OH is 1. The van der Waals surface area contributed by atoms with E-state index in [2.05, 4.69) is 15.6 Å². The molecule has 0 fully saturated rings. The molecule has 1 heterocycles. The molecule has 2 atom stereocenters. The summed E-state index contributed by atoms with van der Waals surface area (Å²) >= 11 is 0. The van der Waals surface area contributed by atoms with Gasteiger partial charge >= 0.3 is 6.09 Å². The summed E-state index contributed by atoms with van der Waals surface area (Å²) in [6.45, 7) is 1.72. The fourth-order valence-corrected chi connectivity index (χ4v) is 5.43. The van der Waals surface area contributed by atoms with Gasteiger partial charge in [-0.1, -0.05) is 74.6 Å². The summed E-state index contributed by atoms with van der Waals surface area (Å²) in [5.41, 5.74) is 2.31. The quantitative estimate of drug-likeness (QED) is 0.0740. The number of nitrogens with one attached hydrogen (secondary N) is 3. The van der Waals surface area contributed by atoms with Gasteiger partial charge in [-0.15, -0.1) is 0 Å². The SMILES string of the molecule is COc1ccc(C(NC(=O)O)c2ccccc2)cc1OCCCCCCCCCNC[C@@H](O)c1ccc(O)c2[nH]c(=O)ccc12. The molecule has 0 aliphatic carbocycles. The third-order valence-electron chi connectivity index (χ3n) is 7.78. The van der Waals surface area contributed by atoms with Crippen molar-refractivity contribution >= 4 is 17.0 Å². The Morgan fingerprint density at radius 2 is 1.60 bits per heavy atom. The molecule has 1 aromatic heterocycles. The molecule has 0 radical (unpaired) electrons. The number of carboxylic acid groups (broad SMARTS) is 1. The van der Waals surface area contributed by atoms with E-state index in [9.17, 15) is 24.9 Å². The molecule has 6 N–H and O–H groups in total. The minimum Gasteiger partial charge on any atom is -0.506 e. The average molecular weight is 618 g/mol. The lowest BCUT2D eigenvalue weighted by Gasteiger charge is -2.20. The second-order valence-corrected chi connectivity index (χ2v) is 11.0. The number of fused-ring (bicyclic) bond motifs is 1. The van der Waals surface area contributed by atoms with E-state index in [1.807, 2.05) is 42.5 Å². The summed E-state index contributed by atoms with van der Waals surface area (Å²) in [4.78, 5) is 25.7. The van der Waals surface area contributed by atoms with Crippen LogP contribution in [0.2, 0.25) is 0 Å². The first-order chi connectivity index (χ1) is 21.9. The number of hydrogen-bond donors (Lipinski definition) is 6. The summed E-state index contributed by atoms with van der Waals surface area (Å²) in [5, 5.41) is 36.6. The van der Waals surface area contributed by atoms with Crippen molar-refractivity contribution in [3.63, 3.8) is 0 Å². The van der Waals surface area contributed by atoms with Crippen LogP contribution in [-0.2, 0) is 0 Å². The van der Waals surface area contributed by atoms with Gasteiger partial charge in [-0.25, -0.2) is 4.79 Å². The maximum atomic E-state index is 11.6. The monoisotopic (exact) mass is 617 g/mol. The molecule has 240 valence electrons. The lowest BCUT2D eigenvalue weighted by Crippen LogP contribution is -2.27. The second kappa shape index (κ2) is 17.1. The summed E-state index contributed by atoms with van der Waals surface area (Å²) in [5.74, 6) is 1.18. The molecule has 3 aromatic carbocycles. The zero-order chi connectivity index (χ0) is 32.0. The van der Waals surface area contributed by atoms with Crippen molar-refractivity contribution in [1.82, 2.24) is 15.6 Å². The third kappa shape index (κ3) is 9.72. The highest BCUT2D eigenvalue weighted by molar-refractivity contribution is 5.87. The molecule has 4 aromatic rings. The normalized spacial score (nSPS) is 12.5. The number of benzene rings is 3. The number of aromatic amines is 1. The lowest BCUT2D eigenvalue weighted by atomic mass is 9.98. The number of aromatic nitrogens is 1. The van der Waals surface area contributed by atoms with Crippen molar-refractivity contribution in [1.29, 1.82) is 0 Å². The Bertz CT molecular complexity index is 1580. The molecular weight excluding hydrogens is 574 g/mol. The number of ether oxygens (including phenoxy) is 2. The first-order valence-electron chi connectivity index (χ1n) is 15.5. The molecule has 1 unspecified atom stereocenters. The zero-order valence-corrected chi connectivity index (χ0v) is 25.6. The van der Waals surface area contributed by atoms with Crippen LogP contribution in [0, 0.1) is 0 Å². The Morgan fingerprint density at radius 3 is 2.33 bits per heavy atom. The highest BCUT2D eigenvalue weighted by Gasteiger charge is 2.19. The van der Waals surface area contributed by atoms with Crippen molar-refractivity contribution in [2.45, 2.75) is 57.1 Å². The van der Waals surface area contributed by atoms with Gasteiger partial charge in [0.25, 0.3) is 0 Å². The summed E-state index contributed by atoms with van der Waals surface area (Å²) < 4.78 is 11.5. The van der Waals surface area contributed by atoms with Crippen LogP contribution >= 0.6 is 0 Å². The Hall–Kier alpha value is -4.54. The Kier molecular flexibility index (Phi) is 12.7. The smallest absolute Gasteiger partial charge is 0.405 e. The first kappa shape index (κ1) is 33.4. The number of amides is 1. The molecule has 10 heteroatoms. The number of carbonyl (C=O) groups is 1. The molecular formula is C35H43N3O7. The standard InChI is InChI=1S/C35H43N3O7/c1-44-30-18-14-25(33(38-35(42)43)24-12-8-7-9-13-24)22-31(30)45-21-11-6-4-2-3-5-10-20-36-23-29(40)26-15-17-28(39)34-27(26)16-19-32(41)37-34/h7-9,12-19,22,29,33,36,38-40H,2-6,10-11,20-21,23H2,1H3,(H,37,41)(H,42,43)/t29-,33?/m1/s1. The predicted molar refractivity (Wildman–Crippen MR) is 174 cm³/mol. The first-order valence-corrected chi connectivity index (χ1v) is 15.5. The van der Waals surface area contributed by atoms with Crippen LogP contribution in [0.5, 0.6) is 17.2 Å². The van der Waals surface area contributed by atoms with Gasteiger partial charge in [0, 0.05) is 18.0 Å². The van der Waals surface area contributed by atoms with Crippen molar-refractivity contribution in [3.05, 3.63) is 99.8 Å². The van der Waals surface area contributed by atoms with Crippen molar-refractivity contribution in [2.75, 3.05) is 26.8 Å². The van der Waals surface area contributed by atoms with Crippen LogP contribution in [0.4, 0.5) is 4.79 Å². The predicted octanol–water partition coefficient (Wildman–Crippen LogP) is 6.03. The number of hydrogen-bond acceptors (Lipinski definition) is 7. The van der Waals surface area contributed by atoms with Crippen LogP contribution in [0.15, 0.2) is 77.6 Å². The van der Waals surface area contributed by atoms with E-state index >= 15 is 0 Å². The summed E-state index contributed by atoms with van der Waals surface area (Å²) in [7, 11) is 1.59. The van der Waals surface area contributed by atoms with Crippen molar-refractivity contribution in [3.8, 4) is 17.2 Å². The number of methoxy groups -OCH3 is 1. The highest BCUT2D eigenvalue weighted by atomic mass is 16.5. The van der Waals surface area contributed by atoms with Crippen LogP contribution < -0.4 is 25.7 Å². The molecule has 45 heavy (non-hydrogen) atoms. The van der Waals surface area contributed by atoms with E-state index in [1.165, 1.54) is 12.1 Å². The topological polar surface area (TPSA) is 153 Å². The minimum atomic E-state index is -1.10. The number of phenolic OH excluding ortho intramolecular Hbond substituents is 1. The fourth-order valence-electron chi connectivity index (χ4n) is 5.43. The van der Waals surface area contributed by atoms with E-state index in [1.54, 1.807) is 25.3 Å². The minimum absolute atomic E-state index is 0.0193. The van der Waals surface area contributed by atoms with Gasteiger partial charge in [-0.2, -0.15) is 0 Å². The molecule has 4 rings (SSSR count). The number of phenols is 1. The molecule has 0 saturated heterocycles. The van der Waals surface area contributed by atoms with Crippen LogP contribution in [-0.4, -0.2) is 53.2 Å². The van der Waals surface area contributed by atoms with Crippen LogP contribution in [0.1, 0.15) is 73.8 Å². The fraction of sp³-hybridized carbons (Fsp3) is 0.371. The van der Waals surface area contributed by atoms with Crippen molar-refractivity contribution < 1.29 is 29.6 Å². The number of H-pyrrole nitrogens is 1. The maximum Gasteiger partial charge on any atom is 0.405 e. The molecule has 0 aliphatic heterocycles. The maximum absolute atomic E-state index is 11.6. The van der Waals surface area contributed by atoms with Crippen molar-refractivity contribution in [2.24, 2.45) is 0 Å². The zero-order valence-electron chi connectivity index (χ0n) is 25.6. The molecule has 0 spiro atoms. The summed E-state index contributed by atoms with van der Waals surface area (Å²) in [6, 6.07) is 20.6. The van der Waals surface area contributed by atoms with Gasteiger partial charge in [0.1, 0.15) is 5.75 Å². The number of aliphatic hydroxyl groups is 1. The Balaban J connectivity index is 1.11. The molecule has 1 amide bonds. The van der Waals surface area contributed by atoms with Gasteiger partial charge in [0.15, 0.2) is 11.5 Å².